The molecule has 0 N–H and O–H groups in total. The molecule has 0 rings (SSSR count). The Labute approximate surface area is 101 Å². The standard InChI is InChI=1S/C13H26O2Si/c1-12(10-8-7-9-11-14)15-16(5,6)13(2,3)4/h8,10-12H,7,9H2,1-6H3/b10-8+. The fourth-order valence-corrected chi connectivity index (χ4v) is 2.49. The van der Waals surface area contributed by atoms with Gasteiger partial charge in [-0.15, -0.1) is 0 Å². The average Bonchev–Trinajstić information content (AvgIpc) is 2.10. The predicted octanol–water partition coefficient (Wildman–Crippen LogP) is 3.93. The van der Waals surface area contributed by atoms with Gasteiger partial charge in [0.15, 0.2) is 8.32 Å². The summed E-state index contributed by atoms with van der Waals surface area (Å²) in [6.45, 7) is 13.3. The van der Waals surface area contributed by atoms with Gasteiger partial charge in [-0.3, -0.25) is 0 Å². The van der Waals surface area contributed by atoms with Crippen molar-refractivity contribution in [2.45, 2.75) is 64.8 Å². The Kier molecular flexibility index (Phi) is 6.19. The Morgan fingerprint density at radius 3 is 2.25 bits per heavy atom. The van der Waals surface area contributed by atoms with Crippen molar-refractivity contribution in [3.05, 3.63) is 12.2 Å². The minimum absolute atomic E-state index is 0.146. The molecule has 1 unspecified atom stereocenters. The van der Waals surface area contributed by atoms with E-state index in [4.69, 9.17) is 4.43 Å². The normalized spacial score (nSPS) is 15.4. The van der Waals surface area contributed by atoms with Crippen molar-refractivity contribution >= 4 is 14.6 Å². The van der Waals surface area contributed by atoms with Crippen LogP contribution >= 0.6 is 0 Å². The first-order chi connectivity index (χ1) is 7.20. The van der Waals surface area contributed by atoms with E-state index in [1.165, 1.54) is 0 Å². The molecule has 3 heteroatoms. The van der Waals surface area contributed by atoms with E-state index < -0.39 is 8.32 Å². The largest absolute Gasteiger partial charge is 0.411 e. The van der Waals surface area contributed by atoms with Crippen LogP contribution in [0.1, 0.15) is 40.5 Å². The SMILES string of the molecule is CC(/C=C/CCC=O)O[Si](C)(C)C(C)(C)C. The third kappa shape index (κ3) is 5.61. The second kappa shape index (κ2) is 6.35. The number of hydrogen-bond donors (Lipinski definition) is 0. The van der Waals surface area contributed by atoms with Gasteiger partial charge in [-0.25, -0.2) is 0 Å². The summed E-state index contributed by atoms with van der Waals surface area (Å²) in [6.07, 6.45) is 6.60. The van der Waals surface area contributed by atoms with Gasteiger partial charge in [0.05, 0.1) is 6.10 Å². The van der Waals surface area contributed by atoms with Gasteiger partial charge in [-0.2, -0.15) is 0 Å². The highest BCUT2D eigenvalue weighted by Gasteiger charge is 2.37. The maximum atomic E-state index is 10.2. The Hall–Kier alpha value is -0.413. The fraction of sp³-hybridized carbons (Fsp3) is 0.769. The average molecular weight is 242 g/mol. The van der Waals surface area contributed by atoms with Crippen molar-refractivity contribution < 1.29 is 9.22 Å². The van der Waals surface area contributed by atoms with Crippen molar-refractivity contribution in [3.8, 4) is 0 Å². The lowest BCUT2D eigenvalue weighted by molar-refractivity contribution is -0.107. The lowest BCUT2D eigenvalue weighted by Crippen LogP contribution is -2.42. The van der Waals surface area contributed by atoms with Crippen molar-refractivity contribution in [3.63, 3.8) is 0 Å². The van der Waals surface area contributed by atoms with Crippen LogP contribution in [0.15, 0.2) is 12.2 Å². The van der Waals surface area contributed by atoms with E-state index in [1.807, 2.05) is 6.08 Å². The first kappa shape index (κ1) is 15.6. The zero-order chi connectivity index (χ0) is 12.8. The fourth-order valence-electron chi connectivity index (χ4n) is 1.13. The maximum absolute atomic E-state index is 10.2. The molecule has 0 bridgehead atoms. The predicted molar refractivity (Wildman–Crippen MR) is 72.2 cm³/mol. The Bertz CT molecular complexity index is 239. The molecule has 94 valence electrons. The van der Waals surface area contributed by atoms with Crippen LogP contribution in [0.5, 0.6) is 0 Å². The topological polar surface area (TPSA) is 26.3 Å². The van der Waals surface area contributed by atoms with E-state index in [-0.39, 0.29) is 11.1 Å². The summed E-state index contributed by atoms with van der Waals surface area (Å²) in [5, 5.41) is 0.248. The molecule has 0 radical (unpaired) electrons. The number of carbonyl (C=O) groups is 1. The van der Waals surface area contributed by atoms with Gasteiger partial charge >= 0.3 is 0 Å². The number of hydrogen-bond acceptors (Lipinski definition) is 2. The van der Waals surface area contributed by atoms with Gasteiger partial charge < -0.3 is 9.22 Å². The first-order valence-corrected chi connectivity index (χ1v) is 8.89. The first-order valence-electron chi connectivity index (χ1n) is 5.99. The Morgan fingerprint density at radius 2 is 1.81 bits per heavy atom. The summed E-state index contributed by atoms with van der Waals surface area (Å²) in [6, 6.07) is 0. The summed E-state index contributed by atoms with van der Waals surface area (Å²) in [5.41, 5.74) is 0. The van der Waals surface area contributed by atoms with Crippen molar-refractivity contribution in [2.75, 3.05) is 0 Å². The summed E-state index contributed by atoms with van der Waals surface area (Å²) in [5.74, 6) is 0. The monoisotopic (exact) mass is 242 g/mol. The summed E-state index contributed by atoms with van der Waals surface area (Å²) < 4.78 is 6.15. The number of aldehydes is 1. The second-order valence-electron chi connectivity index (χ2n) is 5.76. The molecule has 0 aromatic heterocycles. The van der Waals surface area contributed by atoms with Gasteiger partial charge in [0.2, 0.25) is 0 Å². The molecular formula is C13H26O2Si. The molecule has 16 heavy (non-hydrogen) atoms. The van der Waals surface area contributed by atoms with Gasteiger partial charge in [0.1, 0.15) is 6.29 Å². The van der Waals surface area contributed by atoms with E-state index in [0.717, 1.165) is 12.7 Å². The number of carbonyl (C=O) groups excluding carboxylic acids is 1. The smallest absolute Gasteiger partial charge is 0.192 e. The van der Waals surface area contributed by atoms with Crippen molar-refractivity contribution in [1.29, 1.82) is 0 Å². The molecule has 2 nitrogen and oxygen atoms in total. The summed E-state index contributed by atoms with van der Waals surface area (Å²) in [7, 11) is -1.66. The molecule has 0 aliphatic heterocycles. The number of unbranched alkanes of at least 4 members (excludes halogenated alkanes) is 1. The molecule has 0 aliphatic rings. The zero-order valence-corrected chi connectivity index (χ0v) is 12.5. The van der Waals surface area contributed by atoms with Gasteiger partial charge in [0, 0.05) is 6.42 Å². The van der Waals surface area contributed by atoms with E-state index in [9.17, 15) is 4.79 Å². The molecule has 0 fully saturated rings. The van der Waals surface area contributed by atoms with Crippen LogP contribution in [0.3, 0.4) is 0 Å². The van der Waals surface area contributed by atoms with Gasteiger partial charge in [0.25, 0.3) is 0 Å². The lowest BCUT2D eigenvalue weighted by atomic mass is 10.2. The Morgan fingerprint density at radius 1 is 1.25 bits per heavy atom. The van der Waals surface area contributed by atoms with Crippen molar-refractivity contribution in [2.24, 2.45) is 0 Å². The minimum Gasteiger partial charge on any atom is -0.411 e. The second-order valence-corrected chi connectivity index (χ2v) is 10.5. The molecule has 0 saturated carbocycles. The third-order valence-electron chi connectivity index (χ3n) is 3.14. The Balaban J connectivity index is 4.18. The van der Waals surface area contributed by atoms with Crippen LogP contribution in [-0.4, -0.2) is 20.7 Å². The highest BCUT2D eigenvalue weighted by Crippen LogP contribution is 2.37. The van der Waals surface area contributed by atoms with E-state index in [2.05, 4.69) is 46.9 Å². The van der Waals surface area contributed by atoms with Gasteiger partial charge in [-0.1, -0.05) is 32.9 Å². The minimum atomic E-state index is -1.66. The van der Waals surface area contributed by atoms with Crippen LogP contribution in [0.2, 0.25) is 18.1 Å². The summed E-state index contributed by atoms with van der Waals surface area (Å²) in [4.78, 5) is 10.2. The molecular weight excluding hydrogens is 216 g/mol. The van der Waals surface area contributed by atoms with Crippen molar-refractivity contribution in [1.82, 2.24) is 0 Å². The molecule has 0 aromatic rings. The number of allylic oxidation sites excluding steroid dienone is 1. The molecule has 0 amide bonds. The van der Waals surface area contributed by atoms with Crippen LogP contribution in [-0.2, 0) is 9.22 Å². The van der Waals surface area contributed by atoms with Gasteiger partial charge in [-0.05, 0) is 31.5 Å². The zero-order valence-electron chi connectivity index (χ0n) is 11.5. The highest BCUT2D eigenvalue weighted by atomic mass is 28.4. The maximum Gasteiger partial charge on any atom is 0.192 e. The molecule has 0 aliphatic carbocycles. The van der Waals surface area contributed by atoms with Crippen LogP contribution in [0, 0.1) is 0 Å². The quantitative estimate of drug-likeness (QED) is 0.305. The van der Waals surface area contributed by atoms with E-state index in [0.29, 0.717) is 6.42 Å². The molecule has 0 saturated heterocycles. The van der Waals surface area contributed by atoms with E-state index >= 15 is 0 Å². The van der Waals surface area contributed by atoms with Crippen LogP contribution in [0.4, 0.5) is 0 Å². The third-order valence-corrected chi connectivity index (χ3v) is 7.72. The summed E-state index contributed by atoms with van der Waals surface area (Å²) >= 11 is 0. The molecule has 0 heterocycles. The highest BCUT2D eigenvalue weighted by molar-refractivity contribution is 6.74. The molecule has 0 spiro atoms. The molecule has 0 aromatic carbocycles. The number of rotatable bonds is 6. The lowest BCUT2D eigenvalue weighted by Gasteiger charge is -2.37. The molecule has 1 atom stereocenters. The van der Waals surface area contributed by atoms with Crippen LogP contribution in [0.25, 0.3) is 0 Å². The van der Waals surface area contributed by atoms with Crippen LogP contribution < -0.4 is 0 Å². The van der Waals surface area contributed by atoms with E-state index in [1.54, 1.807) is 0 Å².